The smallest absolute Gasteiger partial charge is 0.250 e. The SMILES string of the molecule is Cc1ccnc(O[C@@H]2CN[C@H](C(=O)C3CC(c4ccccc4)=CCN3)[C@@H](C(=O)N(C)O)C2)c1. The molecular weight excluding hydrogens is 420 g/mol. The molecule has 3 heterocycles. The van der Waals surface area contributed by atoms with Gasteiger partial charge in [0, 0.05) is 32.4 Å². The molecule has 3 N–H and O–H groups in total. The molecule has 2 aliphatic heterocycles. The minimum absolute atomic E-state index is 0.0798. The van der Waals surface area contributed by atoms with Gasteiger partial charge in [0.05, 0.1) is 18.0 Å². The lowest BCUT2D eigenvalue weighted by Gasteiger charge is -2.38. The first-order valence-corrected chi connectivity index (χ1v) is 11.2. The molecule has 0 aliphatic carbocycles. The zero-order valence-corrected chi connectivity index (χ0v) is 18.9. The summed E-state index contributed by atoms with van der Waals surface area (Å²) in [5.41, 5.74) is 3.22. The molecule has 0 radical (unpaired) electrons. The van der Waals surface area contributed by atoms with Crippen molar-refractivity contribution in [3.8, 4) is 5.88 Å². The molecule has 4 atom stereocenters. The molecule has 1 aromatic heterocycles. The van der Waals surface area contributed by atoms with Gasteiger partial charge in [-0.2, -0.15) is 0 Å². The van der Waals surface area contributed by atoms with Crippen molar-refractivity contribution in [3.63, 3.8) is 0 Å². The zero-order valence-electron chi connectivity index (χ0n) is 18.9. The highest BCUT2D eigenvalue weighted by Gasteiger charge is 2.43. The number of amides is 1. The molecule has 1 unspecified atom stereocenters. The number of pyridine rings is 1. The highest BCUT2D eigenvalue weighted by Crippen LogP contribution is 2.27. The molecular formula is C25H30N4O4. The van der Waals surface area contributed by atoms with E-state index >= 15 is 0 Å². The molecule has 33 heavy (non-hydrogen) atoms. The van der Waals surface area contributed by atoms with Crippen LogP contribution >= 0.6 is 0 Å². The van der Waals surface area contributed by atoms with Gasteiger partial charge in [0.1, 0.15) is 6.10 Å². The van der Waals surface area contributed by atoms with Crippen LogP contribution in [0.15, 0.2) is 54.7 Å². The first-order chi connectivity index (χ1) is 15.9. The summed E-state index contributed by atoms with van der Waals surface area (Å²) in [4.78, 5) is 30.6. The van der Waals surface area contributed by atoms with Gasteiger partial charge in [0.2, 0.25) is 5.88 Å². The third-order valence-corrected chi connectivity index (χ3v) is 6.23. The van der Waals surface area contributed by atoms with Crippen LogP contribution in [0.4, 0.5) is 0 Å². The summed E-state index contributed by atoms with van der Waals surface area (Å²) in [6.07, 6.45) is 4.26. The highest BCUT2D eigenvalue weighted by atomic mass is 16.5. The summed E-state index contributed by atoms with van der Waals surface area (Å²) in [6.45, 7) is 2.93. The van der Waals surface area contributed by atoms with Gasteiger partial charge in [-0.15, -0.1) is 0 Å². The van der Waals surface area contributed by atoms with Crippen LogP contribution in [-0.4, -0.2) is 65.3 Å². The van der Waals surface area contributed by atoms with Crippen molar-refractivity contribution >= 4 is 17.3 Å². The van der Waals surface area contributed by atoms with E-state index in [2.05, 4.69) is 21.7 Å². The normalized spacial score (nSPS) is 25.1. The van der Waals surface area contributed by atoms with Gasteiger partial charge in [-0.3, -0.25) is 14.8 Å². The lowest BCUT2D eigenvalue weighted by Crippen LogP contribution is -2.61. The zero-order chi connectivity index (χ0) is 23.4. The summed E-state index contributed by atoms with van der Waals surface area (Å²) < 4.78 is 5.98. The van der Waals surface area contributed by atoms with E-state index < -0.39 is 23.9 Å². The summed E-state index contributed by atoms with van der Waals surface area (Å²) >= 11 is 0. The van der Waals surface area contributed by atoms with Crippen molar-refractivity contribution in [2.24, 2.45) is 5.92 Å². The van der Waals surface area contributed by atoms with E-state index in [9.17, 15) is 14.8 Å². The molecule has 1 saturated heterocycles. The quantitative estimate of drug-likeness (QED) is 0.457. The maximum Gasteiger partial charge on any atom is 0.250 e. The molecule has 8 heteroatoms. The Morgan fingerprint density at radius 2 is 1.97 bits per heavy atom. The number of benzene rings is 1. The summed E-state index contributed by atoms with van der Waals surface area (Å²) in [6, 6.07) is 12.6. The molecule has 8 nitrogen and oxygen atoms in total. The fourth-order valence-electron chi connectivity index (χ4n) is 4.52. The highest BCUT2D eigenvalue weighted by molar-refractivity contribution is 5.96. The number of hydroxylamine groups is 2. The average molecular weight is 451 g/mol. The number of nitrogens with one attached hydrogen (secondary N) is 2. The number of piperidine rings is 1. The van der Waals surface area contributed by atoms with E-state index in [1.54, 1.807) is 6.20 Å². The number of Topliss-reactive ketones (excluding diaryl/α,β-unsaturated/α-hetero) is 1. The number of aromatic nitrogens is 1. The molecule has 1 fully saturated rings. The third kappa shape index (κ3) is 5.47. The van der Waals surface area contributed by atoms with Crippen LogP contribution < -0.4 is 15.4 Å². The van der Waals surface area contributed by atoms with E-state index in [4.69, 9.17) is 4.74 Å². The van der Waals surface area contributed by atoms with E-state index in [-0.39, 0.29) is 11.9 Å². The maximum atomic E-state index is 13.5. The second-order valence-electron chi connectivity index (χ2n) is 8.66. The Morgan fingerprint density at radius 3 is 2.70 bits per heavy atom. The Balaban J connectivity index is 1.48. The Bertz CT molecular complexity index is 1020. The predicted octanol–water partition coefficient (Wildman–Crippen LogP) is 1.98. The van der Waals surface area contributed by atoms with Crippen LogP contribution in [0, 0.1) is 12.8 Å². The number of carbonyl (C=O) groups is 2. The third-order valence-electron chi connectivity index (χ3n) is 6.23. The van der Waals surface area contributed by atoms with Crippen molar-refractivity contribution in [2.75, 3.05) is 20.1 Å². The molecule has 0 saturated carbocycles. The van der Waals surface area contributed by atoms with Gasteiger partial charge < -0.3 is 15.4 Å². The predicted molar refractivity (Wildman–Crippen MR) is 124 cm³/mol. The Hall–Kier alpha value is -3.07. The lowest BCUT2D eigenvalue weighted by atomic mass is 9.81. The average Bonchev–Trinajstić information content (AvgIpc) is 2.83. The van der Waals surface area contributed by atoms with Gasteiger partial charge in [-0.1, -0.05) is 36.4 Å². The van der Waals surface area contributed by atoms with Gasteiger partial charge >= 0.3 is 0 Å². The van der Waals surface area contributed by atoms with Crippen LogP contribution in [0.3, 0.4) is 0 Å². The van der Waals surface area contributed by atoms with Crippen molar-refractivity contribution in [3.05, 3.63) is 65.9 Å². The van der Waals surface area contributed by atoms with Crippen molar-refractivity contribution in [1.82, 2.24) is 20.7 Å². The van der Waals surface area contributed by atoms with Crippen LogP contribution in [0.25, 0.3) is 5.57 Å². The van der Waals surface area contributed by atoms with Crippen molar-refractivity contribution < 1.29 is 19.5 Å². The van der Waals surface area contributed by atoms with Crippen LogP contribution in [0.1, 0.15) is 24.0 Å². The number of hydrogen-bond donors (Lipinski definition) is 3. The molecule has 2 aliphatic rings. The van der Waals surface area contributed by atoms with E-state index in [0.717, 1.165) is 16.7 Å². The Labute approximate surface area is 193 Å². The lowest BCUT2D eigenvalue weighted by molar-refractivity contribution is -0.168. The summed E-state index contributed by atoms with van der Waals surface area (Å²) in [7, 11) is 1.28. The van der Waals surface area contributed by atoms with Gasteiger partial charge in [-0.05, 0) is 42.5 Å². The molecule has 1 aromatic carbocycles. The molecule has 1 amide bonds. The van der Waals surface area contributed by atoms with Gasteiger partial charge in [0.15, 0.2) is 5.78 Å². The minimum Gasteiger partial charge on any atom is -0.473 e. The first-order valence-electron chi connectivity index (χ1n) is 11.2. The molecule has 2 aromatic rings. The van der Waals surface area contributed by atoms with Crippen LogP contribution in [0.5, 0.6) is 5.88 Å². The number of carbonyl (C=O) groups excluding carboxylic acids is 2. The van der Waals surface area contributed by atoms with Crippen LogP contribution in [0.2, 0.25) is 0 Å². The number of aryl methyl sites for hydroxylation is 1. The number of ether oxygens (including phenoxy) is 1. The monoisotopic (exact) mass is 450 g/mol. The largest absolute Gasteiger partial charge is 0.473 e. The summed E-state index contributed by atoms with van der Waals surface area (Å²) in [5, 5.41) is 16.9. The Morgan fingerprint density at radius 1 is 1.18 bits per heavy atom. The van der Waals surface area contributed by atoms with Gasteiger partial charge in [0.25, 0.3) is 5.91 Å². The standard InChI is InChI=1S/C25H30N4O4/c1-16-8-10-27-22(12-16)33-19-14-20(25(31)29(2)32)23(28-15-19)24(30)21-13-18(9-11-26-21)17-6-4-3-5-7-17/h3-10,12,19-21,23,26,28,32H,11,13-15H2,1-2H3/t19-,20-,21?,23-/m0/s1. The van der Waals surface area contributed by atoms with E-state index in [1.165, 1.54) is 7.05 Å². The second-order valence-corrected chi connectivity index (χ2v) is 8.66. The number of nitrogens with zero attached hydrogens (tertiary/aromatic N) is 2. The van der Waals surface area contributed by atoms with Crippen LogP contribution in [-0.2, 0) is 9.59 Å². The topological polar surface area (TPSA) is 104 Å². The summed E-state index contributed by atoms with van der Waals surface area (Å²) in [5.74, 6) is -0.865. The van der Waals surface area contributed by atoms with E-state index in [0.29, 0.717) is 36.9 Å². The van der Waals surface area contributed by atoms with Gasteiger partial charge in [-0.25, -0.2) is 10.0 Å². The molecule has 174 valence electrons. The fraction of sp³-hybridized carbons (Fsp3) is 0.400. The van der Waals surface area contributed by atoms with Crippen molar-refractivity contribution in [1.29, 1.82) is 0 Å². The Kier molecular flexibility index (Phi) is 7.17. The first kappa shape index (κ1) is 23.1. The number of ketones is 1. The van der Waals surface area contributed by atoms with Crippen molar-refractivity contribution in [2.45, 2.75) is 38.0 Å². The second kappa shape index (κ2) is 10.2. The molecule has 0 bridgehead atoms. The maximum absolute atomic E-state index is 13.5. The minimum atomic E-state index is -0.746. The molecule has 0 spiro atoms. The molecule has 4 rings (SSSR count). The number of hydrogen-bond acceptors (Lipinski definition) is 7. The number of rotatable bonds is 6. The van der Waals surface area contributed by atoms with E-state index in [1.807, 2.05) is 49.4 Å². The fourth-order valence-corrected chi connectivity index (χ4v) is 4.52.